The zero-order valence-electron chi connectivity index (χ0n) is 11.0. The Morgan fingerprint density at radius 1 is 0.600 bits per heavy atom. The Hall–Kier alpha value is -0.280. The van der Waals surface area contributed by atoms with Gasteiger partial charge in [0.1, 0.15) is 0 Å². The van der Waals surface area contributed by atoms with Gasteiger partial charge in [-0.25, -0.2) is 0 Å². The van der Waals surface area contributed by atoms with Gasteiger partial charge in [0.2, 0.25) is 0 Å². The van der Waals surface area contributed by atoms with Crippen LogP contribution in [0.15, 0.2) is 48.5 Å². The second-order valence-corrected chi connectivity index (χ2v) is 7.97. The molecule has 0 amide bonds. The first-order valence-corrected chi connectivity index (χ1v) is 9.72. The van der Waals surface area contributed by atoms with Crippen LogP contribution in [0, 0.1) is 0 Å². The summed E-state index contributed by atoms with van der Waals surface area (Å²) in [4.78, 5) is 0. The molecule has 0 bridgehead atoms. The first-order chi connectivity index (χ1) is 9.74. The molecule has 0 unspecified atom stereocenters. The van der Waals surface area contributed by atoms with Gasteiger partial charge < -0.3 is 0 Å². The summed E-state index contributed by atoms with van der Waals surface area (Å²) in [5.74, 6) is 2.26. The van der Waals surface area contributed by atoms with Crippen molar-refractivity contribution in [2.75, 3.05) is 11.5 Å². The number of aryl methyl sites for hydroxylation is 2. The highest BCUT2D eigenvalue weighted by molar-refractivity contribution is 8.76. The molecule has 0 nitrogen and oxygen atoms in total. The van der Waals surface area contributed by atoms with E-state index in [9.17, 15) is 0 Å². The molecule has 0 fully saturated rings. The van der Waals surface area contributed by atoms with Crippen molar-refractivity contribution in [2.24, 2.45) is 0 Å². The largest absolute Gasteiger partial charge is 0.0938 e. The van der Waals surface area contributed by atoms with Crippen LogP contribution in [0.3, 0.4) is 0 Å². The van der Waals surface area contributed by atoms with Gasteiger partial charge in [-0.2, -0.15) is 0 Å². The Kier molecular flexibility index (Phi) is 7.15. The van der Waals surface area contributed by atoms with E-state index in [0.29, 0.717) is 0 Å². The second-order valence-electron chi connectivity index (χ2n) is 4.40. The van der Waals surface area contributed by atoms with Gasteiger partial charge in [-0.15, -0.1) is 0 Å². The average molecular weight is 343 g/mol. The highest BCUT2D eigenvalue weighted by atomic mass is 35.5. The van der Waals surface area contributed by atoms with Crippen molar-refractivity contribution < 1.29 is 0 Å². The normalized spacial score (nSPS) is 10.7. The number of benzene rings is 2. The highest BCUT2D eigenvalue weighted by Gasteiger charge is 1.97. The zero-order chi connectivity index (χ0) is 14.2. The summed E-state index contributed by atoms with van der Waals surface area (Å²) in [6.07, 6.45) is 2.19. The summed E-state index contributed by atoms with van der Waals surface area (Å²) >= 11 is 11.7. The topological polar surface area (TPSA) is 0 Å². The maximum absolute atomic E-state index is 5.86. The summed E-state index contributed by atoms with van der Waals surface area (Å²) < 4.78 is 0. The Morgan fingerprint density at radius 2 is 0.950 bits per heavy atom. The van der Waals surface area contributed by atoms with Crippen molar-refractivity contribution in [3.8, 4) is 0 Å². The van der Waals surface area contributed by atoms with E-state index in [1.807, 2.05) is 45.9 Å². The molecule has 0 aliphatic rings. The smallest absolute Gasteiger partial charge is 0.0406 e. The van der Waals surface area contributed by atoms with Crippen LogP contribution >= 0.6 is 44.8 Å². The molecule has 0 spiro atoms. The first kappa shape index (κ1) is 16.1. The van der Waals surface area contributed by atoms with Crippen LogP contribution < -0.4 is 0 Å². The molecule has 20 heavy (non-hydrogen) atoms. The number of hydrogen-bond donors (Lipinski definition) is 0. The van der Waals surface area contributed by atoms with Crippen molar-refractivity contribution >= 4 is 44.8 Å². The van der Waals surface area contributed by atoms with Crippen LogP contribution in [0.4, 0.5) is 0 Å². The molecule has 2 rings (SSSR count). The summed E-state index contributed by atoms with van der Waals surface area (Å²) in [6.45, 7) is 0. The first-order valence-electron chi connectivity index (χ1n) is 6.47. The number of rotatable bonds is 7. The SMILES string of the molecule is Clc1ccc(CCSSCCc2ccc(Cl)cc2)cc1. The Balaban J connectivity index is 1.57. The van der Waals surface area contributed by atoms with E-state index in [0.717, 1.165) is 34.4 Å². The fraction of sp³-hybridized carbons (Fsp3) is 0.250. The molecule has 0 radical (unpaired) electrons. The standard InChI is InChI=1S/C16H16Cl2S2/c17-15-5-1-13(2-6-15)9-11-19-20-12-10-14-3-7-16(18)8-4-14/h1-8H,9-12H2. The summed E-state index contributed by atoms with van der Waals surface area (Å²) in [6, 6.07) is 16.2. The van der Waals surface area contributed by atoms with Crippen LogP contribution in [0.2, 0.25) is 10.0 Å². The molecule has 0 aliphatic carbocycles. The molecule has 0 aliphatic heterocycles. The Morgan fingerprint density at radius 3 is 1.30 bits per heavy atom. The molecular formula is C16H16Cl2S2. The molecule has 106 valence electrons. The summed E-state index contributed by atoms with van der Waals surface area (Å²) in [5.41, 5.74) is 2.69. The van der Waals surface area contributed by atoms with Crippen LogP contribution in [-0.4, -0.2) is 11.5 Å². The predicted octanol–water partition coefficient (Wildman–Crippen LogP) is 6.16. The average Bonchev–Trinajstić information content (AvgIpc) is 2.46. The number of halogens is 2. The molecule has 0 saturated carbocycles. The van der Waals surface area contributed by atoms with E-state index in [1.54, 1.807) is 0 Å². The van der Waals surface area contributed by atoms with Gasteiger partial charge in [-0.05, 0) is 48.2 Å². The van der Waals surface area contributed by atoms with Crippen LogP contribution in [-0.2, 0) is 12.8 Å². The van der Waals surface area contributed by atoms with Crippen LogP contribution in [0.5, 0.6) is 0 Å². The number of hydrogen-bond acceptors (Lipinski definition) is 2. The monoisotopic (exact) mass is 342 g/mol. The predicted molar refractivity (Wildman–Crippen MR) is 95.2 cm³/mol. The van der Waals surface area contributed by atoms with Gasteiger partial charge >= 0.3 is 0 Å². The van der Waals surface area contributed by atoms with E-state index in [1.165, 1.54) is 11.1 Å². The van der Waals surface area contributed by atoms with Gasteiger partial charge in [0.25, 0.3) is 0 Å². The quantitative estimate of drug-likeness (QED) is 0.436. The summed E-state index contributed by atoms with van der Waals surface area (Å²) in [7, 11) is 3.86. The molecule has 0 aromatic heterocycles. The lowest BCUT2D eigenvalue weighted by Crippen LogP contribution is -1.89. The fourth-order valence-corrected chi connectivity index (χ4v) is 4.07. The molecular weight excluding hydrogens is 327 g/mol. The van der Waals surface area contributed by atoms with Crippen molar-refractivity contribution in [2.45, 2.75) is 12.8 Å². The lowest BCUT2D eigenvalue weighted by Gasteiger charge is -2.03. The van der Waals surface area contributed by atoms with E-state index in [-0.39, 0.29) is 0 Å². The van der Waals surface area contributed by atoms with Gasteiger partial charge in [-0.3, -0.25) is 0 Å². The Bertz CT molecular complexity index is 460. The fourth-order valence-electron chi connectivity index (χ4n) is 1.74. The highest BCUT2D eigenvalue weighted by Crippen LogP contribution is 2.24. The minimum absolute atomic E-state index is 0.804. The minimum Gasteiger partial charge on any atom is -0.0938 e. The van der Waals surface area contributed by atoms with E-state index in [4.69, 9.17) is 23.2 Å². The van der Waals surface area contributed by atoms with E-state index < -0.39 is 0 Å². The van der Waals surface area contributed by atoms with Crippen LogP contribution in [0.25, 0.3) is 0 Å². The molecule has 2 aromatic carbocycles. The lowest BCUT2D eigenvalue weighted by atomic mass is 10.2. The van der Waals surface area contributed by atoms with E-state index in [2.05, 4.69) is 24.3 Å². The minimum atomic E-state index is 0.804. The van der Waals surface area contributed by atoms with Gasteiger partial charge in [-0.1, -0.05) is 69.1 Å². The third-order valence-corrected chi connectivity index (χ3v) is 5.77. The van der Waals surface area contributed by atoms with Crippen molar-refractivity contribution in [1.29, 1.82) is 0 Å². The van der Waals surface area contributed by atoms with E-state index >= 15 is 0 Å². The lowest BCUT2D eigenvalue weighted by molar-refractivity contribution is 1.16. The van der Waals surface area contributed by atoms with Gasteiger partial charge in [0, 0.05) is 21.6 Å². The molecule has 0 heterocycles. The zero-order valence-corrected chi connectivity index (χ0v) is 14.2. The third kappa shape index (κ3) is 6.01. The Labute approximate surface area is 138 Å². The van der Waals surface area contributed by atoms with Crippen LogP contribution in [0.1, 0.15) is 11.1 Å². The molecule has 0 N–H and O–H groups in total. The molecule has 0 atom stereocenters. The van der Waals surface area contributed by atoms with Crippen molar-refractivity contribution in [3.63, 3.8) is 0 Å². The maximum atomic E-state index is 5.86. The second kappa shape index (κ2) is 8.89. The van der Waals surface area contributed by atoms with Crippen molar-refractivity contribution in [3.05, 3.63) is 69.7 Å². The van der Waals surface area contributed by atoms with Gasteiger partial charge in [0.15, 0.2) is 0 Å². The van der Waals surface area contributed by atoms with Gasteiger partial charge in [0.05, 0.1) is 0 Å². The van der Waals surface area contributed by atoms with Crippen molar-refractivity contribution in [1.82, 2.24) is 0 Å². The third-order valence-electron chi connectivity index (χ3n) is 2.86. The summed E-state index contributed by atoms with van der Waals surface area (Å²) in [5, 5.41) is 1.61. The maximum Gasteiger partial charge on any atom is 0.0406 e. The molecule has 2 aromatic rings. The molecule has 0 saturated heterocycles. The molecule has 4 heteroatoms.